The van der Waals surface area contributed by atoms with Gasteiger partial charge in [-0.2, -0.15) is 0 Å². The first-order valence-electron chi connectivity index (χ1n) is 6.74. The van der Waals surface area contributed by atoms with Gasteiger partial charge >= 0.3 is 11.8 Å². The van der Waals surface area contributed by atoms with E-state index in [9.17, 15) is 18.4 Å². The third-order valence-electron chi connectivity index (χ3n) is 3.00. The van der Waals surface area contributed by atoms with Crippen molar-refractivity contribution in [3.05, 3.63) is 64.7 Å². The van der Waals surface area contributed by atoms with E-state index in [4.69, 9.17) is 11.6 Å². The van der Waals surface area contributed by atoms with Crippen molar-refractivity contribution in [2.24, 2.45) is 0 Å². The Morgan fingerprint density at radius 1 is 1.00 bits per heavy atom. The van der Waals surface area contributed by atoms with Crippen LogP contribution in [0.15, 0.2) is 42.5 Å². The second kappa shape index (κ2) is 7.69. The fourth-order valence-corrected chi connectivity index (χ4v) is 1.99. The number of anilines is 1. The highest BCUT2D eigenvalue weighted by molar-refractivity contribution is 6.39. The molecule has 0 bridgehead atoms. The number of hydrogen-bond donors (Lipinski definition) is 2. The first-order valence-corrected chi connectivity index (χ1v) is 7.12. The number of benzene rings is 2. The van der Waals surface area contributed by atoms with Crippen LogP contribution in [0.25, 0.3) is 0 Å². The van der Waals surface area contributed by atoms with Gasteiger partial charge in [0.1, 0.15) is 11.6 Å². The van der Waals surface area contributed by atoms with E-state index in [-0.39, 0.29) is 23.1 Å². The van der Waals surface area contributed by atoms with Gasteiger partial charge < -0.3 is 10.6 Å². The standard InChI is InChI=1S/C16H13ClF2N2O2/c17-13-9-12(5-6-14(13)19)21-16(23)15(22)20-8-7-10-1-3-11(18)4-2-10/h1-6,9H,7-8H2,(H,20,22)(H,21,23). The lowest BCUT2D eigenvalue weighted by atomic mass is 10.1. The van der Waals surface area contributed by atoms with E-state index in [1.54, 1.807) is 12.1 Å². The minimum absolute atomic E-state index is 0.153. The zero-order valence-corrected chi connectivity index (χ0v) is 12.7. The van der Waals surface area contributed by atoms with Crippen molar-refractivity contribution >= 4 is 29.1 Å². The third kappa shape index (κ3) is 5.03. The lowest BCUT2D eigenvalue weighted by Crippen LogP contribution is -2.36. The fraction of sp³-hybridized carbons (Fsp3) is 0.125. The molecule has 0 heterocycles. The Labute approximate surface area is 136 Å². The average Bonchev–Trinajstić information content (AvgIpc) is 2.52. The molecule has 0 aliphatic heterocycles. The Morgan fingerprint density at radius 2 is 1.70 bits per heavy atom. The lowest BCUT2D eigenvalue weighted by molar-refractivity contribution is -0.136. The topological polar surface area (TPSA) is 58.2 Å². The number of rotatable bonds is 4. The quantitative estimate of drug-likeness (QED) is 0.842. The zero-order valence-electron chi connectivity index (χ0n) is 11.9. The summed E-state index contributed by atoms with van der Waals surface area (Å²) in [5.41, 5.74) is 1.05. The molecule has 0 spiro atoms. The van der Waals surface area contributed by atoms with Gasteiger partial charge in [-0.1, -0.05) is 23.7 Å². The molecule has 2 aromatic carbocycles. The molecular formula is C16H13ClF2N2O2. The summed E-state index contributed by atoms with van der Waals surface area (Å²) in [5.74, 6) is -2.66. The summed E-state index contributed by atoms with van der Waals surface area (Å²) in [4.78, 5) is 23.3. The van der Waals surface area contributed by atoms with Gasteiger partial charge in [0.2, 0.25) is 0 Å². The average molecular weight is 339 g/mol. The van der Waals surface area contributed by atoms with Gasteiger partial charge in [-0.25, -0.2) is 8.78 Å². The zero-order chi connectivity index (χ0) is 16.8. The first kappa shape index (κ1) is 16.9. The van der Waals surface area contributed by atoms with Crippen molar-refractivity contribution in [2.75, 3.05) is 11.9 Å². The van der Waals surface area contributed by atoms with E-state index in [1.165, 1.54) is 24.3 Å². The van der Waals surface area contributed by atoms with Crippen molar-refractivity contribution in [3.8, 4) is 0 Å². The number of nitrogens with one attached hydrogen (secondary N) is 2. The molecule has 7 heteroatoms. The molecule has 4 nitrogen and oxygen atoms in total. The van der Waals surface area contributed by atoms with Crippen LogP contribution >= 0.6 is 11.6 Å². The van der Waals surface area contributed by atoms with E-state index >= 15 is 0 Å². The molecule has 0 unspecified atom stereocenters. The molecule has 2 N–H and O–H groups in total. The Morgan fingerprint density at radius 3 is 2.35 bits per heavy atom. The van der Waals surface area contributed by atoms with Crippen molar-refractivity contribution in [3.63, 3.8) is 0 Å². The summed E-state index contributed by atoms with van der Waals surface area (Å²) in [6.07, 6.45) is 0.460. The molecule has 2 amide bonds. The predicted molar refractivity (Wildman–Crippen MR) is 83.2 cm³/mol. The normalized spacial score (nSPS) is 10.2. The summed E-state index contributed by atoms with van der Waals surface area (Å²) < 4.78 is 25.7. The number of halogens is 3. The van der Waals surface area contributed by atoms with Crippen LogP contribution < -0.4 is 10.6 Å². The van der Waals surface area contributed by atoms with E-state index in [0.717, 1.165) is 11.6 Å². The van der Waals surface area contributed by atoms with Crippen molar-refractivity contribution < 1.29 is 18.4 Å². The summed E-state index contributed by atoms with van der Waals surface area (Å²) in [7, 11) is 0. The molecule has 0 atom stereocenters. The van der Waals surface area contributed by atoms with Crippen molar-refractivity contribution in [2.45, 2.75) is 6.42 Å². The molecule has 0 aliphatic rings. The molecule has 23 heavy (non-hydrogen) atoms. The molecule has 2 aromatic rings. The summed E-state index contributed by atoms with van der Waals surface area (Å²) >= 11 is 5.59. The second-order valence-electron chi connectivity index (χ2n) is 4.72. The maximum atomic E-state index is 13.0. The summed E-state index contributed by atoms with van der Waals surface area (Å²) in [5, 5.41) is 4.60. The largest absolute Gasteiger partial charge is 0.347 e. The number of amides is 2. The molecule has 0 saturated heterocycles. The van der Waals surface area contributed by atoms with Crippen LogP contribution in [0, 0.1) is 11.6 Å². The van der Waals surface area contributed by atoms with Gasteiger partial charge in [-0.05, 0) is 42.3 Å². The molecule has 0 saturated carbocycles. The van der Waals surface area contributed by atoms with Crippen LogP contribution in [0.1, 0.15) is 5.56 Å². The van der Waals surface area contributed by atoms with E-state index in [2.05, 4.69) is 10.6 Å². The van der Waals surface area contributed by atoms with Crippen LogP contribution in [-0.2, 0) is 16.0 Å². The van der Waals surface area contributed by atoms with Gasteiger partial charge in [0, 0.05) is 12.2 Å². The van der Waals surface area contributed by atoms with Gasteiger partial charge in [-0.3, -0.25) is 9.59 Å². The van der Waals surface area contributed by atoms with Crippen LogP contribution in [0.3, 0.4) is 0 Å². The molecule has 0 radical (unpaired) electrons. The highest BCUT2D eigenvalue weighted by atomic mass is 35.5. The molecule has 0 aliphatic carbocycles. The van der Waals surface area contributed by atoms with Crippen LogP contribution in [-0.4, -0.2) is 18.4 Å². The second-order valence-corrected chi connectivity index (χ2v) is 5.12. The number of hydrogen-bond acceptors (Lipinski definition) is 2. The number of carbonyl (C=O) groups excluding carboxylic acids is 2. The molecule has 120 valence electrons. The minimum Gasteiger partial charge on any atom is -0.347 e. The third-order valence-corrected chi connectivity index (χ3v) is 3.29. The van der Waals surface area contributed by atoms with E-state index in [0.29, 0.717) is 6.42 Å². The van der Waals surface area contributed by atoms with Crippen LogP contribution in [0.2, 0.25) is 5.02 Å². The van der Waals surface area contributed by atoms with Crippen LogP contribution in [0.5, 0.6) is 0 Å². The lowest BCUT2D eigenvalue weighted by Gasteiger charge is -2.07. The highest BCUT2D eigenvalue weighted by Gasteiger charge is 2.13. The molecule has 0 fully saturated rings. The first-order chi connectivity index (χ1) is 11.0. The predicted octanol–water partition coefficient (Wildman–Crippen LogP) is 2.92. The summed E-state index contributed by atoms with van der Waals surface area (Å²) in [6, 6.07) is 9.43. The molecule has 0 aromatic heterocycles. The maximum Gasteiger partial charge on any atom is 0.313 e. The van der Waals surface area contributed by atoms with Gasteiger partial charge in [0.25, 0.3) is 0 Å². The Bertz CT molecular complexity index is 721. The molecule has 2 rings (SSSR count). The van der Waals surface area contributed by atoms with Gasteiger partial charge in [0.15, 0.2) is 0 Å². The monoisotopic (exact) mass is 338 g/mol. The summed E-state index contributed by atoms with van der Waals surface area (Å²) in [6.45, 7) is 0.224. The maximum absolute atomic E-state index is 13.0. The van der Waals surface area contributed by atoms with E-state index in [1.807, 2.05) is 0 Å². The molecular weight excluding hydrogens is 326 g/mol. The van der Waals surface area contributed by atoms with Crippen LogP contribution in [0.4, 0.5) is 14.5 Å². The van der Waals surface area contributed by atoms with Gasteiger partial charge in [0.05, 0.1) is 5.02 Å². The smallest absolute Gasteiger partial charge is 0.313 e. The van der Waals surface area contributed by atoms with Crippen molar-refractivity contribution in [1.29, 1.82) is 0 Å². The highest BCUT2D eigenvalue weighted by Crippen LogP contribution is 2.19. The van der Waals surface area contributed by atoms with Gasteiger partial charge in [-0.15, -0.1) is 0 Å². The Balaban J connectivity index is 1.81. The Kier molecular flexibility index (Phi) is 5.65. The fourth-order valence-electron chi connectivity index (χ4n) is 1.81. The Hall–Kier alpha value is -2.47. The number of carbonyl (C=O) groups is 2. The van der Waals surface area contributed by atoms with E-state index < -0.39 is 17.6 Å². The SMILES string of the molecule is O=C(NCCc1ccc(F)cc1)C(=O)Nc1ccc(F)c(Cl)c1. The van der Waals surface area contributed by atoms with Crippen molar-refractivity contribution in [1.82, 2.24) is 5.32 Å². The minimum atomic E-state index is -0.883.